The highest BCUT2D eigenvalue weighted by atomic mass is 16.5. The van der Waals surface area contributed by atoms with Crippen molar-refractivity contribution >= 4 is 43.6 Å². The molecule has 6 heteroatoms. The maximum atomic E-state index is 14.2. The Morgan fingerprint density at radius 3 is 1.24 bits per heavy atom. The first-order valence-corrected chi connectivity index (χ1v) is 12.9. The van der Waals surface area contributed by atoms with E-state index in [1.54, 1.807) is 14.2 Å². The fourth-order valence-electron chi connectivity index (χ4n) is 5.86. The van der Waals surface area contributed by atoms with Gasteiger partial charge in [0.1, 0.15) is 11.5 Å². The fraction of sp³-hybridized carbons (Fsp3) is 0.375. The number of rotatable bonds is 2. The lowest BCUT2D eigenvalue weighted by atomic mass is 9.83. The molecule has 0 amide bonds. The van der Waals surface area contributed by atoms with Gasteiger partial charge in [-0.1, -0.05) is 53.7 Å². The van der Waals surface area contributed by atoms with E-state index in [0.717, 1.165) is 22.2 Å². The number of aryl methyl sites for hydroxylation is 2. The fourth-order valence-corrected chi connectivity index (χ4v) is 5.86. The van der Waals surface area contributed by atoms with Crippen LogP contribution in [0.15, 0.2) is 46.0 Å². The van der Waals surface area contributed by atoms with Gasteiger partial charge in [0.25, 0.3) is 0 Å². The van der Waals surface area contributed by atoms with E-state index in [-0.39, 0.29) is 21.7 Å². The van der Waals surface area contributed by atoms with E-state index in [1.807, 2.05) is 59.6 Å². The van der Waals surface area contributed by atoms with Crippen molar-refractivity contribution in [1.29, 1.82) is 0 Å². The van der Waals surface area contributed by atoms with Crippen LogP contribution in [0.2, 0.25) is 0 Å². The first-order valence-electron chi connectivity index (χ1n) is 12.9. The number of pyridine rings is 2. The number of nitrogens with zero attached hydrogens (tertiary/aromatic N) is 2. The van der Waals surface area contributed by atoms with E-state index in [4.69, 9.17) is 9.47 Å². The Kier molecular flexibility index (Phi) is 5.68. The van der Waals surface area contributed by atoms with Crippen LogP contribution < -0.4 is 20.3 Å². The smallest absolute Gasteiger partial charge is 0.197 e. The van der Waals surface area contributed by atoms with Crippen LogP contribution in [0.25, 0.3) is 43.6 Å². The molecule has 0 saturated carbocycles. The second-order valence-corrected chi connectivity index (χ2v) is 12.2. The Hall–Kier alpha value is -3.80. The van der Waals surface area contributed by atoms with Gasteiger partial charge < -0.3 is 18.6 Å². The molecule has 198 valence electrons. The van der Waals surface area contributed by atoms with E-state index < -0.39 is 0 Å². The number of fused-ring (bicyclic) bond motifs is 4. The second-order valence-electron chi connectivity index (χ2n) is 12.2. The SMILES string of the molecule is COc1ccc(C(C)(C)C)c2c(=O)c3cc4c(cc3n(C)c12)c(=O)c1c(C(C)(C)C)ccc(OC)c1n4C. The van der Waals surface area contributed by atoms with Crippen molar-refractivity contribution in [3.05, 3.63) is 68.0 Å². The molecule has 0 N–H and O–H groups in total. The summed E-state index contributed by atoms with van der Waals surface area (Å²) in [6.07, 6.45) is 0. The third-order valence-corrected chi connectivity index (χ3v) is 7.79. The van der Waals surface area contributed by atoms with Crippen LogP contribution >= 0.6 is 0 Å². The van der Waals surface area contributed by atoms with Crippen molar-refractivity contribution in [2.75, 3.05) is 14.2 Å². The van der Waals surface area contributed by atoms with Crippen molar-refractivity contribution in [2.45, 2.75) is 52.4 Å². The van der Waals surface area contributed by atoms with Crippen LogP contribution in [-0.2, 0) is 24.9 Å². The Morgan fingerprint density at radius 2 is 0.947 bits per heavy atom. The van der Waals surface area contributed by atoms with E-state index >= 15 is 0 Å². The maximum Gasteiger partial charge on any atom is 0.197 e. The third kappa shape index (κ3) is 3.53. The molecule has 0 aliphatic carbocycles. The minimum absolute atomic E-state index is 0.0678. The average Bonchev–Trinajstić information content (AvgIpc) is 2.86. The molecule has 6 nitrogen and oxygen atoms in total. The molecule has 0 fully saturated rings. The lowest BCUT2D eigenvalue weighted by molar-refractivity contribution is 0.417. The molecule has 0 aliphatic rings. The molecule has 0 spiro atoms. The first-order chi connectivity index (χ1) is 17.7. The van der Waals surface area contributed by atoms with Gasteiger partial charge in [-0.3, -0.25) is 9.59 Å². The molecule has 0 aliphatic heterocycles. The molecular formula is C32H36N2O4. The highest BCUT2D eigenvalue weighted by Gasteiger charge is 2.26. The summed E-state index contributed by atoms with van der Waals surface area (Å²) < 4.78 is 15.4. The normalized spacial score (nSPS) is 12.7. The molecule has 0 bridgehead atoms. The Balaban J connectivity index is 2.09. The number of hydrogen-bond donors (Lipinski definition) is 0. The van der Waals surface area contributed by atoms with Gasteiger partial charge >= 0.3 is 0 Å². The quantitative estimate of drug-likeness (QED) is 0.260. The van der Waals surface area contributed by atoms with Gasteiger partial charge in [-0.05, 0) is 46.2 Å². The molecule has 5 rings (SSSR count). The summed E-state index contributed by atoms with van der Waals surface area (Å²) in [4.78, 5) is 28.4. The van der Waals surface area contributed by atoms with E-state index in [2.05, 4.69) is 41.5 Å². The van der Waals surface area contributed by atoms with Gasteiger partial charge in [0.2, 0.25) is 0 Å². The largest absolute Gasteiger partial charge is 0.495 e. The zero-order valence-corrected chi connectivity index (χ0v) is 24.0. The van der Waals surface area contributed by atoms with Gasteiger partial charge in [-0.2, -0.15) is 0 Å². The maximum absolute atomic E-state index is 14.2. The predicted octanol–water partition coefficient (Wildman–Crippen LogP) is 6.31. The summed E-state index contributed by atoms with van der Waals surface area (Å²) in [7, 11) is 7.09. The van der Waals surface area contributed by atoms with Crippen LogP contribution in [0.1, 0.15) is 52.7 Å². The van der Waals surface area contributed by atoms with Crippen LogP contribution in [0, 0.1) is 0 Å². The minimum atomic E-state index is -0.249. The highest BCUT2D eigenvalue weighted by molar-refractivity contribution is 6.06. The van der Waals surface area contributed by atoms with Crippen molar-refractivity contribution < 1.29 is 9.47 Å². The van der Waals surface area contributed by atoms with E-state index in [1.165, 1.54) is 0 Å². The van der Waals surface area contributed by atoms with Crippen molar-refractivity contribution in [2.24, 2.45) is 14.1 Å². The second kappa shape index (κ2) is 8.35. The molecule has 3 aromatic carbocycles. The van der Waals surface area contributed by atoms with Crippen LogP contribution in [0.4, 0.5) is 0 Å². The van der Waals surface area contributed by atoms with Gasteiger partial charge in [-0.25, -0.2) is 0 Å². The number of ether oxygens (including phenoxy) is 2. The summed E-state index contributed by atoms with van der Waals surface area (Å²) in [5.74, 6) is 1.25. The van der Waals surface area contributed by atoms with Crippen molar-refractivity contribution in [1.82, 2.24) is 9.13 Å². The van der Waals surface area contributed by atoms with Crippen LogP contribution in [-0.4, -0.2) is 23.4 Å². The first kappa shape index (κ1) is 25.8. The standard InChI is InChI=1S/C32H36N2O4/c1-31(2,3)19-11-13-23(37-9)27-25(19)29(35)17-15-22-18(16-21(17)33(27)7)30(36)26-20(32(4,5)6)12-14-24(38-10)28(26)34(22)8/h11-16H,1-10H3. The van der Waals surface area contributed by atoms with Gasteiger partial charge in [-0.15, -0.1) is 0 Å². The number of hydrogen-bond acceptors (Lipinski definition) is 4. The van der Waals surface area contributed by atoms with Gasteiger partial charge in [0.15, 0.2) is 10.9 Å². The molecule has 2 heterocycles. The van der Waals surface area contributed by atoms with Crippen LogP contribution in [0.5, 0.6) is 11.5 Å². The Bertz CT molecular complexity index is 1770. The predicted molar refractivity (Wildman–Crippen MR) is 157 cm³/mol. The summed E-state index contributed by atoms with van der Waals surface area (Å²) in [5, 5.41) is 2.41. The minimum Gasteiger partial charge on any atom is -0.495 e. The molecule has 38 heavy (non-hydrogen) atoms. The van der Waals surface area contributed by atoms with Crippen molar-refractivity contribution in [3.8, 4) is 11.5 Å². The monoisotopic (exact) mass is 512 g/mol. The van der Waals surface area contributed by atoms with Gasteiger partial charge in [0, 0.05) is 24.9 Å². The Morgan fingerprint density at radius 1 is 0.605 bits per heavy atom. The number of aromatic nitrogens is 2. The lowest BCUT2D eigenvalue weighted by Crippen LogP contribution is -2.21. The topological polar surface area (TPSA) is 62.5 Å². The zero-order valence-electron chi connectivity index (χ0n) is 24.0. The highest BCUT2D eigenvalue weighted by Crippen LogP contribution is 2.38. The molecule has 0 radical (unpaired) electrons. The third-order valence-electron chi connectivity index (χ3n) is 7.79. The zero-order chi connectivity index (χ0) is 27.9. The summed E-state index contributed by atoms with van der Waals surface area (Å²) >= 11 is 0. The summed E-state index contributed by atoms with van der Waals surface area (Å²) in [6, 6.07) is 11.5. The molecule has 0 saturated heterocycles. The average molecular weight is 513 g/mol. The Labute approximate surface area is 222 Å². The number of benzene rings is 3. The van der Waals surface area contributed by atoms with E-state index in [9.17, 15) is 9.59 Å². The molecule has 0 atom stereocenters. The molecular weight excluding hydrogens is 476 g/mol. The summed E-state index contributed by atoms with van der Waals surface area (Å²) in [5.41, 5.74) is 4.12. The molecule has 0 unspecified atom stereocenters. The van der Waals surface area contributed by atoms with Gasteiger partial charge in [0.05, 0.1) is 47.1 Å². The van der Waals surface area contributed by atoms with Crippen LogP contribution in [0.3, 0.4) is 0 Å². The summed E-state index contributed by atoms with van der Waals surface area (Å²) in [6.45, 7) is 12.6. The van der Waals surface area contributed by atoms with E-state index in [0.29, 0.717) is 44.1 Å². The lowest BCUT2D eigenvalue weighted by Gasteiger charge is -2.25. The molecule has 5 aromatic rings. The molecule has 2 aromatic heterocycles. The number of methoxy groups -OCH3 is 2. The van der Waals surface area contributed by atoms with Crippen molar-refractivity contribution in [3.63, 3.8) is 0 Å².